The van der Waals surface area contributed by atoms with Gasteiger partial charge in [0.15, 0.2) is 0 Å². The van der Waals surface area contributed by atoms with Crippen molar-refractivity contribution in [2.45, 2.75) is 6.92 Å². The van der Waals surface area contributed by atoms with Gasteiger partial charge in [-0.05, 0) is 30.7 Å². The van der Waals surface area contributed by atoms with Gasteiger partial charge < -0.3 is 10.1 Å². The molecule has 2 rings (SSSR count). The Morgan fingerprint density at radius 1 is 1.38 bits per heavy atom. The fourth-order valence-electron chi connectivity index (χ4n) is 1.73. The first-order chi connectivity index (χ1) is 10.0. The number of ether oxygens (including phenoxy) is 1. The molecule has 2 aromatic rings. The topological polar surface area (TPSA) is 94.4 Å². The molecule has 7 heteroatoms. The highest BCUT2D eigenvalue weighted by atomic mass is 16.6. The summed E-state index contributed by atoms with van der Waals surface area (Å²) in [6, 6.07) is 8.01. The minimum Gasteiger partial charge on any atom is -0.497 e. The molecular formula is C14H13N3O4. The Bertz CT molecular complexity index is 700. The van der Waals surface area contributed by atoms with Crippen LogP contribution in [0.3, 0.4) is 0 Å². The van der Waals surface area contributed by atoms with Crippen molar-refractivity contribution in [3.63, 3.8) is 0 Å². The molecule has 0 fully saturated rings. The van der Waals surface area contributed by atoms with E-state index in [0.29, 0.717) is 16.9 Å². The first-order valence-corrected chi connectivity index (χ1v) is 6.07. The van der Waals surface area contributed by atoms with E-state index in [1.54, 1.807) is 31.2 Å². The van der Waals surface area contributed by atoms with Crippen molar-refractivity contribution in [1.82, 2.24) is 4.98 Å². The molecule has 0 bridgehead atoms. The van der Waals surface area contributed by atoms with Crippen LogP contribution in [-0.2, 0) is 0 Å². The summed E-state index contributed by atoms with van der Waals surface area (Å²) in [6.45, 7) is 1.64. The lowest BCUT2D eigenvalue weighted by atomic mass is 10.2. The van der Waals surface area contributed by atoms with Gasteiger partial charge >= 0.3 is 0 Å². The van der Waals surface area contributed by atoms with Gasteiger partial charge in [0.2, 0.25) is 0 Å². The van der Waals surface area contributed by atoms with Crippen molar-refractivity contribution in [3.05, 3.63) is 57.8 Å². The quantitative estimate of drug-likeness (QED) is 0.688. The lowest BCUT2D eigenvalue weighted by Crippen LogP contribution is -2.14. The highest BCUT2D eigenvalue weighted by Crippen LogP contribution is 2.19. The number of carbonyl (C=O) groups is 1. The number of benzene rings is 1. The number of aryl methyl sites for hydroxylation is 1. The van der Waals surface area contributed by atoms with Gasteiger partial charge in [0.25, 0.3) is 11.6 Å². The van der Waals surface area contributed by atoms with Crippen molar-refractivity contribution < 1.29 is 14.5 Å². The lowest BCUT2D eigenvalue weighted by Gasteiger charge is -2.08. The third-order valence-electron chi connectivity index (χ3n) is 2.84. The number of nitro groups is 1. The number of aromatic nitrogens is 1. The van der Waals surface area contributed by atoms with Gasteiger partial charge in [-0.2, -0.15) is 0 Å². The lowest BCUT2D eigenvalue weighted by molar-refractivity contribution is -0.385. The molecule has 1 aromatic heterocycles. The average molecular weight is 287 g/mol. The number of rotatable bonds is 4. The maximum absolute atomic E-state index is 12.1. The number of anilines is 1. The maximum atomic E-state index is 12.1. The second kappa shape index (κ2) is 6.00. The highest BCUT2D eigenvalue weighted by Gasteiger charge is 2.13. The number of hydrogen-bond acceptors (Lipinski definition) is 5. The van der Waals surface area contributed by atoms with Crippen molar-refractivity contribution >= 4 is 17.4 Å². The largest absolute Gasteiger partial charge is 0.497 e. The van der Waals surface area contributed by atoms with E-state index in [-0.39, 0.29) is 17.4 Å². The number of methoxy groups -OCH3 is 1. The van der Waals surface area contributed by atoms with Crippen LogP contribution < -0.4 is 10.1 Å². The fraction of sp³-hybridized carbons (Fsp3) is 0.143. The zero-order valence-corrected chi connectivity index (χ0v) is 11.5. The van der Waals surface area contributed by atoms with E-state index in [2.05, 4.69) is 10.3 Å². The van der Waals surface area contributed by atoms with Gasteiger partial charge in [-0.1, -0.05) is 6.07 Å². The third kappa shape index (κ3) is 3.33. The third-order valence-corrected chi connectivity index (χ3v) is 2.84. The van der Waals surface area contributed by atoms with Crippen LogP contribution in [0.15, 0.2) is 36.5 Å². The number of pyridine rings is 1. The van der Waals surface area contributed by atoms with E-state index in [1.165, 1.54) is 13.2 Å². The highest BCUT2D eigenvalue weighted by molar-refractivity contribution is 6.04. The molecule has 0 aliphatic heterocycles. The molecule has 0 spiro atoms. The van der Waals surface area contributed by atoms with Gasteiger partial charge in [-0.25, -0.2) is 4.98 Å². The van der Waals surface area contributed by atoms with Crippen LogP contribution in [0, 0.1) is 17.0 Å². The van der Waals surface area contributed by atoms with Crippen LogP contribution in [0.1, 0.15) is 15.9 Å². The van der Waals surface area contributed by atoms with Crippen LogP contribution in [0.4, 0.5) is 11.5 Å². The van der Waals surface area contributed by atoms with E-state index in [4.69, 9.17) is 4.74 Å². The molecule has 0 unspecified atom stereocenters. The Balaban J connectivity index is 2.21. The standard InChI is InChI=1S/C14H13N3O4/c1-9-6-11(17(19)20)8-15-13(9)16-14(18)10-4-3-5-12(7-10)21-2/h3-8H,1-2H3,(H,15,16,18). The zero-order valence-electron chi connectivity index (χ0n) is 11.5. The second-order valence-electron chi connectivity index (χ2n) is 4.30. The Hall–Kier alpha value is -2.96. The van der Waals surface area contributed by atoms with Crippen molar-refractivity contribution in [3.8, 4) is 5.75 Å². The Morgan fingerprint density at radius 2 is 2.14 bits per heavy atom. The molecule has 0 atom stereocenters. The normalized spacial score (nSPS) is 10.0. The molecule has 1 aromatic carbocycles. The van der Waals surface area contributed by atoms with Crippen molar-refractivity contribution in [2.24, 2.45) is 0 Å². The van der Waals surface area contributed by atoms with Crippen molar-refractivity contribution in [1.29, 1.82) is 0 Å². The van der Waals surface area contributed by atoms with E-state index in [0.717, 1.165) is 6.20 Å². The van der Waals surface area contributed by atoms with E-state index in [9.17, 15) is 14.9 Å². The zero-order chi connectivity index (χ0) is 15.4. The van der Waals surface area contributed by atoms with Gasteiger partial charge in [0.05, 0.1) is 12.0 Å². The maximum Gasteiger partial charge on any atom is 0.287 e. The van der Waals surface area contributed by atoms with Gasteiger partial charge in [0, 0.05) is 11.6 Å². The van der Waals surface area contributed by atoms with Gasteiger partial charge in [-0.3, -0.25) is 14.9 Å². The smallest absolute Gasteiger partial charge is 0.287 e. The van der Waals surface area contributed by atoms with Gasteiger partial charge in [-0.15, -0.1) is 0 Å². The summed E-state index contributed by atoms with van der Waals surface area (Å²) < 4.78 is 5.05. The van der Waals surface area contributed by atoms with Crippen molar-refractivity contribution in [2.75, 3.05) is 12.4 Å². The fourth-order valence-corrected chi connectivity index (χ4v) is 1.73. The predicted molar refractivity (Wildman–Crippen MR) is 76.6 cm³/mol. The molecule has 0 saturated carbocycles. The van der Waals surface area contributed by atoms with Crippen LogP contribution in [0.5, 0.6) is 5.75 Å². The number of carbonyl (C=O) groups excluding carboxylic acids is 1. The molecular weight excluding hydrogens is 274 g/mol. The van der Waals surface area contributed by atoms with Gasteiger partial charge in [0.1, 0.15) is 17.8 Å². The molecule has 0 aliphatic carbocycles. The van der Waals surface area contributed by atoms with Crippen LogP contribution in [0.2, 0.25) is 0 Å². The number of nitrogens with one attached hydrogen (secondary N) is 1. The molecule has 0 aliphatic rings. The SMILES string of the molecule is COc1cccc(C(=O)Nc2ncc([N+](=O)[O-])cc2C)c1. The molecule has 1 N–H and O–H groups in total. The molecule has 108 valence electrons. The first-order valence-electron chi connectivity index (χ1n) is 6.07. The predicted octanol–water partition coefficient (Wildman–Crippen LogP) is 2.56. The summed E-state index contributed by atoms with van der Waals surface area (Å²) in [7, 11) is 1.51. The monoisotopic (exact) mass is 287 g/mol. The molecule has 21 heavy (non-hydrogen) atoms. The Morgan fingerprint density at radius 3 is 2.76 bits per heavy atom. The van der Waals surface area contributed by atoms with Crippen LogP contribution >= 0.6 is 0 Å². The molecule has 7 nitrogen and oxygen atoms in total. The van der Waals surface area contributed by atoms with E-state index < -0.39 is 4.92 Å². The second-order valence-corrected chi connectivity index (χ2v) is 4.30. The summed E-state index contributed by atoms with van der Waals surface area (Å²) in [4.78, 5) is 26.1. The summed E-state index contributed by atoms with van der Waals surface area (Å²) in [5.41, 5.74) is 0.807. The summed E-state index contributed by atoms with van der Waals surface area (Å²) in [5, 5.41) is 13.3. The molecule has 0 radical (unpaired) electrons. The summed E-state index contributed by atoms with van der Waals surface area (Å²) in [6.07, 6.45) is 1.11. The average Bonchev–Trinajstić information content (AvgIpc) is 2.49. The Kier molecular flexibility index (Phi) is 4.13. The number of hydrogen-bond donors (Lipinski definition) is 1. The summed E-state index contributed by atoms with van der Waals surface area (Å²) in [5.74, 6) is 0.489. The Labute approximate surface area is 120 Å². The molecule has 1 amide bonds. The summed E-state index contributed by atoms with van der Waals surface area (Å²) >= 11 is 0. The van der Waals surface area contributed by atoms with E-state index >= 15 is 0 Å². The van der Waals surface area contributed by atoms with E-state index in [1.807, 2.05) is 0 Å². The molecule has 1 heterocycles. The van der Waals surface area contributed by atoms with Crippen LogP contribution in [-0.4, -0.2) is 22.9 Å². The minimum atomic E-state index is -0.534. The van der Waals surface area contributed by atoms with Crippen LogP contribution in [0.25, 0.3) is 0 Å². The first kappa shape index (κ1) is 14.4. The number of nitrogens with zero attached hydrogens (tertiary/aromatic N) is 2. The molecule has 0 saturated heterocycles. The minimum absolute atomic E-state index is 0.119. The number of amides is 1.